The Morgan fingerprint density at radius 3 is 2.94 bits per heavy atom. The lowest BCUT2D eigenvalue weighted by Crippen LogP contribution is -2.24. The first kappa shape index (κ1) is 12.3. The zero-order valence-electron chi connectivity index (χ0n) is 10.4. The first-order valence-electron chi connectivity index (χ1n) is 5.77. The average molecular weight is 248 g/mol. The molecule has 1 fully saturated rings. The fourth-order valence-corrected chi connectivity index (χ4v) is 1.81. The van der Waals surface area contributed by atoms with E-state index in [1.165, 1.54) is 4.90 Å². The molecule has 1 saturated heterocycles. The highest BCUT2D eigenvalue weighted by Gasteiger charge is 2.21. The summed E-state index contributed by atoms with van der Waals surface area (Å²) in [5.41, 5.74) is 1.19. The molecule has 2 amide bonds. The zero-order valence-corrected chi connectivity index (χ0v) is 10.4. The maximum absolute atomic E-state index is 11.8. The summed E-state index contributed by atoms with van der Waals surface area (Å²) in [7, 11) is 3.37. The quantitative estimate of drug-likeness (QED) is 0.794. The minimum Gasteiger partial charge on any atom is -0.380 e. The maximum Gasteiger partial charge on any atom is 0.272 e. The van der Waals surface area contributed by atoms with Crippen molar-refractivity contribution in [1.29, 1.82) is 0 Å². The van der Waals surface area contributed by atoms with Crippen LogP contribution in [0.2, 0.25) is 0 Å². The van der Waals surface area contributed by atoms with Gasteiger partial charge in [-0.15, -0.1) is 0 Å². The second-order valence-electron chi connectivity index (χ2n) is 4.48. The van der Waals surface area contributed by atoms with Gasteiger partial charge in [-0.1, -0.05) is 0 Å². The van der Waals surface area contributed by atoms with E-state index in [0.29, 0.717) is 18.7 Å². The number of rotatable bonds is 3. The fourth-order valence-electron chi connectivity index (χ4n) is 1.81. The Hall–Kier alpha value is -2.11. The lowest BCUT2D eigenvalue weighted by Gasteiger charge is -2.14. The standard InChI is InChI=1S/C12H16N4O2/c1-16(2)12(18)10-5-8(3-4-13-10)15-9-6-11(17)14-7-9/h3-5,9H,6-7H2,1-2H3,(H,13,15)(H,14,17). The number of carbonyl (C=O) groups is 2. The summed E-state index contributed by atoms with van der Waals surface area (Å²) in [4.78, 5) is 28.4. The highest BCUT2D eigenvalue weighted by atomic mass is 16.2. The maximum atomic E-state index is 11.8. The van der Waals surface area contributed by atoms with E-state index in [9.17, 15) is 9.59 Å². The predicted octanol–water partition coefficient (Wildman–Crippen LogP) is 0.0838. The molecule has 1 aromatic heterocycles. The zero-order chi connectivity index (χ0) is 13.1. The van der Waals surface area contributed by atoms with E-state index in [1.54, 1.807) is 32.4 Å². The van der Waals surface area contributed by atoms with Crippen LogP contribution >= 0.6 is 0 Å². The number of nitrogens with one attached hydrogen (secondary N) is 2. The molecule has 18 heavy (non-hydrogen) atoms. The summed E-state index contributed by atoms with van der Waals surface area (Å²) in [6, 6.07) is 3.56. The molecule has 2 N–H and O–H groups in total. The number of pyridine rings is 1. The van der Waals surface area contributed by atoms with Gasteiger partial charge in [-0.05, 0) is 12.1 Å². The van der Waals surface area contributed by atoms with Crippen molar-refractivity contribution in [3.05, 3.63) is 24.0 Å². The van der Waals surface area contributed by atoms with Crippen LogP contribution in [0.4, 0.5) is 5.69 Å². The van der Waals surface area contributed by atoms with Crippen LogP contribution in [0.5, 0.6) is 0 Å². The molecule has 6 heteroatoms. The van der Waals surface area contributed by atoms with Crippen molar-refractivity contribution in [2.45, 2.75) is 12.5 Å². The minimum absolute atomic E-state index is 0.0474. The van der Waals surface area contributed by atoms with Crippen LogP contribution in [-0.4, -0.2) is 48.4 Å². The van der Waals surface area contributed by atoms with E-state index >= 15 is 0 Å². The van der Waals surface area contributed by atoms with Gasteiger partial charge in [0.15, 0.2) is 0 Å². The van der Waals surface area contributed by atoms with Crippen LogP contribution in [0, 0.1) is 0 Å². The number of hydrogen-bond donors (Lipinski definition) is 2. The highest BCUT2D eigenvalue weighted by Crippen LogP contribution is 2.13. The van der Waals surface area contributed by atoms with Crippen molar-refractivity contribution in [3.63, 3.8) is 0 Å². The van der Waals surface area contributed by atoms with Gasteiger partial charge in [0.1, 0.15) is 5.69 Å². The van der Waals surface area contributed by atoms with Crippen LogP contribution < -0.4 is 10.6 Å². The Bertz CT molecular complexity index is 473. The lowest BCUT2D eigenvalue weighted by molar-refractivity contribution is -0.119. The molecule has 2 heterocycles. The van der Waals surface area contributed by atoms with Crippen molar-refractivity contribution >= 4 is 17.5 Å². The topological polar surface area (TPSA) is 74.3 Å². The van der Waals surface area contributed by atoms with Crippen LogP contribution in [-0.2, 0) is 4.79 Å². The molecule has 1 atom stereocenters. The molecule has 96 valence electrons. The number of carbonyl (C=O) groups excluding carboxylic acids is 2. The third-order valence-corrected chi connectivity index (χ3v) is 2.73. The number of aromatic nitrogens is 1. The molecule has 2 rings (SSSR count). The Kier molecular flexibility index (Phi) is 3.45. The van der Waals surface area contributed by atoms with Gasteiger partial charge in [0.2, 0.25) is 5.91 Å². The summed E-state index contributed by atoms with van der Waals surface area (Å²) in [5.74, 6) is -0.0922. The average Bonchev–Trinajstić information content (AvgIpc) is 2.74. The summed E-state index contributed by atoms with van der Waals surface area (Å²) < 4.78 is 0. The van der Waals surface area contributed by atoms with Crippen LogP contribution in [0.25, 0.3) is 0 Å². The Labute approximate surface area is 105 Å². The number of amides is 2. The Balaban J connectivity index is 2.08. The molecule has 1 aliphatic heterocycles. The van der Waals surface area contributed by atoms with Crippen LogP contribution in [0.1, 0.15) is 16.9 Å². The SMILES string of the molecule is CN(C)C(=O)c1cc(NC2CNC(=O)C2)ccn1. The molecule has 0 radical (unpaired) electrons. The summed E-state index contributed by atoms with van der Waals surface area (Å²) in [6.07, 6.45) is 2.04. The summed E-state index contributed by atoms with van der Waals surface area (Å²) in [6.45, 7) is 0.609. The van der Waals surface area contributed by atoms with Gasteiger partial charge in [-0.3, -0.25) is 14.6 Å². The number of hydrogen-bond acceptors (Lipinski definition) is 4. The Morgan fingerprint density at radius 1 is 1.56 bits per heavy atom. The third kappa shape index (κ3) is 2.77. The van der Waals surface area contributed by atoms with Crippen molar-refractivity contribution in [2.24, 2.45) is 0 Å². The molecule has 1 unspecified atom stereocenters. The van der Waals surface area contributed by atoms with Gasteiger partial charge in [0.05, 0.1) is 6.04 Å². The van der Waals surface area contributed by atoms with E-state index < -0.39 is 0 Å². The van der Waals surface area contributed by atoms with Gasteiger partial charge in [-0.2, -0.15) is 0 Å². The number of nitrogens with zero attached hydrogens (tertiary/aromatic N) is 2. The summed E-state index contributed by atoms with van der Waals surface area (Å²) >= 11 is 0. The van der Waals surface area contributed by atoms with Crippen molar-refractivity contribution < 1.29 is 9.59 Å². The molecular formula is C12H16N4O2. The molecule has 0 spiro atoms. The molecule has 0 aromatic carbocycles. The first-order chi connectivity index (χ1) is 8.56. The van der Waals surface area contributed by atoms with Crippen LogP contribution in [0.3, 0.4) is 0 Å². The lowest BCUT2D eigenvalue weighted by atomic mass is 10.2. The van der Waals surface area contributed by atoms with E-state index in [0.717, 1.165) is 5.69 Å². The monoisotopic (exact) mass is 248 g/mol. The van der Waals surface area contributed by atoms with E-state index in [2.05, 4.69) is 15.6 Å². The van der Waals surface area contributed by atoms with E-state index in [4.69, 9.17) is 0 Å². The smallest absolute Gasteiger partial charge is 0.272 e. The van der Waals surface area contributed by atoms with Gasteiger partial charge >= 0.3 is 0 Å². The molecule has 1 aliphatic rings. The first-order valence-corrected chi connectivity index (χ1v) is 5.77. The highest BCUT2D eigenvalue weighted by molar-refractivity contribution is 5.92. The van der Waals surface area contributed by atoms with Gasteiger partial charge in [0, 0.05) is 38.9 Å². The predicted molar refractivity (Wildman–Crippen MR) is 67.3 cm³/mol. The van der Waals surface area contributed by atoms with Crippen molar-refractivity contribution in [2.75, 3.05) is 26.0 Å². The number of anilines is 1. The molecule has 0 aliphatic carbocycles. The van der Waals surface area contributed by atoms with E-state index in [1.807, 2.05) is 0 Å². The van der Waals surface area contributed by atoms with Gasteiger partial charge in [0.25, 0.3) is 5.91 Å². The molecular weight excluding hydrogens is 232 g/mol. The Morgan fingerprint density at radius 2 is 2.33 bits per heavy atom. The molecule has 1 aromatic rings. The van der Waals surface area contributed by atoms with Gasteiger partial charge < -0.3 is 15.5 Å². The van der Waals surface area contributed by atoms with Crippen LogP contribution in [0.15, 0.2) is 18.3 Å². The third-order valence-electron chi connectivity index (χ3n) is 2.73. The normalized spacial score (nSPS) is 18.3. The van der Waals surface area contributed by atoms with Crippen molar-refractivity contribution in [1.82, 2.24) is 15.2 Å². The molecule has 0 saturated carbocycles. The van der Waals surface area contributed by atoms with Crippen molar-refractivity contribution in [3.8, 4) is 0 Å². The summed E-state index contributed by atoms with van der Waals surface area (Å²) in [5, 5.41) is 5.96. The largest absolute Gasteiger partial charge is 0.380 e. The minimum atomic E-state index is -0.140. The molecule has 0 bridgehead atoms. The molecule has 6 nitrogen and oxygen atoms in total. The second kappa shape index (κ2) is 5.03. The van der Waals surface area contributed by atoms with Gasteiger partial charge in [-0.25, -0.2) is 0 Å². The fraction of sp³-hybridized carbons (Fsp3) is 0.417. The van der Waals surface area contributed by atoms with E-state index in [-0.39, 0.29) is 17.9 Å². The second-order valence-corrected chi connectivity index (χ2v) is 4.48.